The van der Waals surface area contributed by atoms with Crippen LogP contribution in [0.1, 0.15) is 24.8 Å². The molecule has 0 aliphatic rings. The molecule has 0 unspecified atom stereocenters. The maximum absolute atomic E-state index is 11.8. The molecule has 2 N–H and O–H groups in total. The van der Waals surface area contributed by atoms with E-state index >= 15 is 0 Å². The molecule has 0 aliphatic heterocycles. The van der Waals surface area contributed by atoms with Crippen LogP contribution in [0.3, 0.4) is 0 Å². The molecule has 1 aromatic rings. The second-order valence-electron chi connectivity index (χ2n) is 5.16. The van der Waals surface area contributed by atoms with Gasteiger partial charge in [0, 0.05) is 18.4 Å². The lowest BCUT2D eigenvalue weighted by atomic mass is 10.1. The van der Waals surface area contributed by atoms with Crippen molar-refractivity contribution in [2.24, 2.45) is 5.73 Å². The highest BCUT2D eigenvalue weighted by Crippen LogP contribution is 2.04. The van der Waals surface area contributed by atoms with E-state index < -0.39 is 15.9 Å². The molecule has 0 bridgehead atoms. The van der Waals surface area contributed by atoms with Gasteiger partial charge >= 0.3 is 0 Å². The van der Waals surface area contributed by atoms with E-state index in [-0.39, 0.29) is 18.1 Å². The van der Waals surface area contributed by atoms with Crippen molar-refractivity contribution in [2.75, 3.05) is 18.6 Å². The van der Waals surface area contributed by atoms with Gasteiger partial charge in [-0.25, -0.2) is 8.42 Å². The molecule has 5 nitrogen and oxygen atoms in total. The number of nitrogens with two attached hydrogens (primary N) is 1. The second kappa shape index (κ2) is 8.92. The smallest absolute Gasteiger partial charge is 0.151 e. The molecule has 0 saturated carbocycles. The summed E-state index contributed by atoms with van der Waals surface area (Å²) in [5.41, 5.74) is 6.79. The minimum atomic E-state index is -2.95. The van der Waals surface area contributed by atoms with Crippen LogP contribution >= 0.6 is 0 Å². The predicted octanol–water partition coefficient (Wildman–Crippen LogP) is 1.31. The van der Waals surface area contributed by atoms with E-state index in [4.69, 9.17) is 10.5 Å². The first-order chi connectivity index (χ1) is 9.88. The van der Waals surface area contributed by atoms with Crippen molar-refractivity contribution >= 4 is 15.6 Å². The quantitative estimate of drug-likeness (QED) is 0.658. The summed E-state index contributed by atoms with van der Waals surface area (Å²) >= 11 is 0. The van der Waals surface area contributed by atoms with Crippen molar-refractivity contribution in [1.29, 1.82) is 0 Å². The van der Waals surface area contributed by atoms with Crippen molar-refractivity contribution in [3.05, 3.63) is 35.9 Å². The average molecular weight is 313 g/mol. The summed E-state index contributed by atoms with van der Waals surface area (Å²) in [7, 11) is -2.95. The SMILES string of the molecule is CS(=O)(=O)CCCCC(=O)[C@@H](N)COCc1ccccc1. The molecular weight excluding hydrogens is 290 g/mol. The maximum Gasteiger partial charge on any atom is 0.151 e. The van der Waals surface area contributed by atoms with E-state index in [1.54, 1.807) is 0 Å². The number of Topliss-reactive ketones (excluding diaryl/α,β-unsaturated/α-hetero) is 1. The van der Waals surface area contributed by atoms with Crippen LogP contribution < -0.4 is 5.73 Å². The van der Waals surface area contributed by atoms with Crippen LogP contribution in [0.4, 0.5) is 0 Å². The monoisotopic (exact) mass is 313 g/mol. The third-order valence-corrected chi connectivity index (χ3v) is 4.04. The first-order valence-electron chi connectivity index (χ1n) is 6.96. The van der Waals surface area contributed by atoms with E-state index in [0.29, 0.717) is 25.9 Å². The lowest BCUT2D eigenvalue weighted by molar-refractivity contribution is -0.121. The third-order valence-electron chi connectivity index (χ3n) is 3.01. The number of unbranched alkanes of at least 4 members (excludes halogenated alkanes) is 1. The standard InChI is InChI=1S/C15H23NO4S/c1-21(18,19)10-6-5-9-15(17)14(16)12-20-11-13-7-3-2-4-8-13/h2-4,7-8,14H,5-6,9-12,16H2,1H3/t14-/m0/s1. The van der Waals surface area contributed by atoms with Gasteiger partial charge in [0.15, 0.2) is 5.78 Å². The highest BCUT2D eigenvalue weighted by Gasteiger charge is 2.13. The van der Waals surface area contributed by atoms with Gasteiger partial charge in [0.05, 0.1) is 19.3 Å². The number of ether oxygens (including phenoxy) is 1. The first-order valence-corrected chi connectivity index (χ1v) is 9.02. The third kappa shape index (κ3) is 8.60. The van der Waals surface area contributed by atoms with Gasteiger partial charge < -0.3 is 10.5 Å². The highest BCUT2D eigenvalue weighted by molar-refractivity contribution is 7.90. The Morgan fingerprint density at radius 1 is 1.24 bits per heavy atom. The molecule has 0 aromatic heterocycles. The van der Waals surface area contributed by atoms with Crippen LogP contribution in [0.25, 0.3) is 0 Å². The van der Waals surface area contributed by atoms with Crippen LogP contribution in [0, 0.1) is 0 Å². The fraction of sp³-hybridized carbons (Fsp3) is 0.533. The largest absolute Gasteiger partial charge is 0.375 e. The van der Waals surface area contributed by atoms with Gasteiger partial charge in [-0.05, 0) is 18.4 Å². The van der Waals surface area contributed by atoms with Gasteiger partial charge in [0.1, 0.15) is 9.84 Å². The van der Waals surface area contributed by atoms with Crippen molar-refractivity contribution in [2.45, 2.75) is 31.9 Å². The van der Waals surface area contributed by atoms with Crippen molar-refractivity contribution in [3.63, 3.8) is 0 Å². The van der Waals surface area contributed by atoms with Crippen LogP contribution in [0.5, 0.6) is 0 Å². The van der Waals surface area contributed by atoms with Crippen molar-refractivity contribution in [3.8, 4) is 0 Å². The Hall–Kier alpha value is -1.24. The number of sulfone groups is 1. The zero-order valence-electron chi connectivity index (χ0n) is 12.3. The molecule has 0 spiro atoms. The summed E-state index contributed by atoms with van der Waals surface area (Å²) in [5.74, 6) is 0.0246. The molecule has 1 atom stereocenters. The molecule has 0 heterocycles. The van der Waals surface area contributed by atoms with Gasteiger partial charge in [0.2, 0.25) is 0 Å². The van der Waals surface area contributed by atoms with E-state index in [0.717, 1.165) is 5.56 Å². The number of carbonyl (C=O) groups excluding carboxylic acids is 1. The van der Waals surface area contributed by atoms with Crippen LogP contribution in [0.15, 0.2) is 30.3 Å². The summed E-state index contributed by atoms with van der Waals surface area (Å²) < 4.78 is 27.3. The lowest BCUT2D eigenvalue weighted by Gasteiger charge is -2.11. The Labute approximate surface area is 126 Å². The van der Waals surface area contributed by atoms with Crippen LogP contribution in [-0.4, -0.2) is 38.9 Å². The summed E-state index contributed by atoms with van der Waals surface area (Å²) in [5, 5.41) is 0. The Balaban J connectivity index is 2.16. The van der Waals surface area contributed by atoms with Crippen molar-refractivity contribution < 1.29 is 17.9 Å². The fourth-order valence-electron chi connectivity index (χ4n) is 1.82. The topological polar surface area (TPSA) is 86.5 Å². The normalized spacial score (nSPS) is 13.0. The Morgan fingerprint density at radius 2 is 1.90 bits per heavy atom. The number of ketones is 1. The molecule has 0 radical (unpaired) electrons. The zero-order chi connectivity index (χ0) is 15.7. The average Bonchev–Trinajstić information content (AvgIpc) is 2.43. The minimum absolute atomic E-state index is 0.0865. The van der Waals surface area contributed by atoms with E-state index in [9.17, 15) is 13.2 Å². The summed E-state index contributed by atoms with van der Waals surface area (Å²) in [6.45, 7) is 0.607. The Kier molecular flexibility index (Phi) is 7.56. The van der Waals surface area contributed by atoms with Crippen LogP contribution in [-0.2, 0) is 26.0 Å². The second-order valence-corrected chi connectivity index (χ2v) is 7.42. The highest BCUT2D eigenvalue weighted by atomic mass is 32.2. The predicted molar refractivity (Wildman–Crippen MR) is 82.6 cm³/mol. The van der Waals surface area contributed by atoms with E-state index in [1.165, 1.54) is 6.26 Å². The van der Waals surface area contributed by atoms with E-state index in [2.05, 4.69) is 0 Å². The van der Waals surface area contributed by atoms with Gasteiger partial charge in [0.25, 0.3) is 0 Å². The number of hydrogen-bond donors (Lipinski definition) is 1. The molecule has 0 aliphatic carbocycles. The fourth-order valence-corrected chi connectivity index (χ4v) is 2.55. The van der Waals surface area contributed by atoms with Gasteiger partial charge in [-0.1, -0.05) is 30.3 Å². The minimum Gasteiger partial charge on any atom is -0.375 e. The molecule has 0 saturated heterocycles. The van der Waals surface area contributed by atoms with Gasteiger partial charge in [-0.2, -0.15) is 0 Å². The first kappa shape index (κ1) is 17.8. The molecule has 0 amide bonds. The molecule has 0 fully saturated rings. The van der Waals surface area contributed by atoms with Gasteiger partial charge in [-0.3, -0.25) is 4.79 Å². The lowest BCUT2D eigenvalue weighted by Crippen LogP contribution is -2.35. The molecule has 1 aromatic carbocycles. The molecule has 1 rings (SSSR count). The number of hydrogen-bond acceptors (Lipinski definition) is 5. The molecule has 21 heavy (non-hydrogen) atoms. The maximum atomic E-state index is 11.8. The van der Waals surface area contributed by atoms with E-state index in [1.807, 2.05) is 30.3 Å². The number of carbonyl (C=O) groups is 1. The van der Waals surface area contributed by atoms with Crippen molar-refractivity contribution in [1.82, 2.24) is 0 Å². The Morgan fingerprint density at radius 3 is 2.52 bits per heavy atom. The number of benzene rings is 1. The molecule has 118 valence electrons. The van der Waals surface area contributed by atoms with Crippen LogP contribution in [0.2, 0.25) is 0 Å². The molecule has 6 heteroatoms. The Bertz CT molecular complexity index is 528. The summed E-state index contributed by atoms with van der Waals surface area (Å²) in [6, 6.07) is 9.01. The number of rotatable bonds is 10. The summed E-state index contributed by atoms with van der Waals surface area (Å²) in [6.07, 6.45) is 2.52. The zero-order valence-corrected chi connectivity index (χ0v) is 13.1. The molecular formula is C15H23NO4S. The van der Waals surface area contributed by atoms with Gasteiger partial charge in [-0.15, -0.1) is 0 Å². The summed E-state index contributed by atoms with van der Waals surface area (Å²) in [4.78, 5) is 11.8.